The molecule has 0 aromatic heterocycles. The second-order valence-electron chi connectivity index (χ2n) is 9.88. The van der Waals surface area contributed by atoms with Crippen molar-refractivity contribution in [1.82, 2.24) is 0 Å². The molecule has 1 N–H and O–H groups in total. The third-order valence-electron chi connectivity index (χ3n) is 5.56. The average Bonchev–Trinajstić information content (AvgIpc) is 2.97. The summed E-state index contributed by atoms with van der Waals surface area (Å²) in [7, 11) is -16.5. The fourth-order valence-corrected chi connectivity index (χ4v) is 7.01. The monoisotopic (exact) mass is 741 g/mol. The van der Waals surface area contributed by atoms with Crippen LogP contribution >= 0.6 is 7.81 Å². The maximum absolute atomic E-state index is 11.2. The van der Waals surface area contributed by atoms with E-state index in [2.05, 4.69) is 121 Å². The third-order valence-corrected chi connectivity index (χ3v) is 9.02. The zero-order chi connectivity index (χ0) is 36.2. The molecule has 0 bridgehead atoms. The first kappa shape index (κ1) is 40.5. The number of hydrogen-bond acceptors (Lipinski definition) is 1. The van der Waals surface area contributed by atoms with Gasteiger partial charge in [-0.2, -0.15) is 0 Å². The van der Waals surface area contributed by atoms with Gasteiger partial charge < -0.3 is 22.6 Å². The maximum atomic E-state index is 11.2. The molecular weight excluding hydrogens is 710 g/mol. The zero-order valence-electron chi connectivity index (χ0n) is 25.7. The summed E-state index contributed by atoms with van der Waals surface area (Å²) < 4.78 is 98.2. The summed E-state index contributed by atoms with van der Waals surface area (Å²) in [5, 5.41) is 5.56. The SMILES string of the molecule is CC(=O)Nc1ccc([S+](c2ccccc2)c2ccccc2)cc1.C[S+](C)c1cccc2ccccc12.F[B-](F)(F)F.F[P-](F)(F)(F)(F)F. The Morgan fingerprint density at radius 2 is 0.958 bits per heavy atom. The van der Waals surface area contributed by atoms with E-state index < -0.39 is 15.1 Å². The van der Waals surface area contributed by atoms with Crippen LogP contribution in [0.2, 0.25) is 0 Å². The standard InChI is InChI=1S/C20H17NOS.C12H13S.BF4.F6P/c1-16(22)21-17-12-14-20(15-13-17)23(18-8-4-2-5-9-18)19-10-6-3-7-11-19;1-13(2)12-9-5-7-10-6-3-4-8-11(10)12;2-1(3,4)5;1-7(2,3,4,5)6/h2-15H,1H3;3-9H,1-2H3;;/q;+1;2*-1/p+1. The summed E-state index contributed by atoms with van der Waals surface area (Å²) >= 11 is 0. The summed E-state index contributed by atoms with van der Waals surface area (Å²) in [6.07, 6.45) is 4.53. The molecule has 0 fully saturated rings. The van der Waals surface area contributed by atoms with Crippen LogP contribution in [0.15, 0.2) is 147 Å². The Morgan fingerprint density at radius 3 is 1.38 bits per heavy atom. The van der Waals surface area contributed by atoms with Crippen LogP contribution in [0.1, 0.15) is 6.92 Å². The molecule has 0 unspecified atom stereocenters. The third kappa shape index (κ3) is 18.0. The Labute approximate surface area is 277 Å². The summed E-state index contributed by atoms with van der Waals surface area (Å²) in [5.74, 6) is -0.0529. The second-order valence-corrected chi connectivity index (χ2v) is 15.9. The number of rotatable bonds is 5. The normalized spacial score (nSPS) is 12.6. The first-order valence-corrected chi connectivity index (χ1v) is 19.0. The molecule has 48 heavy (non-hydrogen) atoms. The fourth-order valence-electron chi connectivity index (χ4n) is 3.95. The van der Waals surface area contributed by atoms with E-state index in [1.807, 2.05) is 24.3 Å². The van der Waals surface area contributed by atoms with Gasteiger partial charge in [0.05, 0.1) is 10.9 Å². The molecule has 0 saturated carbocycles. The molecule has 16 heteroatoms. The van der Waals surface area contributed by atoms with Crippen molar-refractivity contribution < 1.29 is 47.2 Å². The van der Waals surface area contributed by atoms with Gasteiger partial charge in [-0.3, -0.25) is 4.79 Å². The Hall–Kier alpha value is -3.68. The van der Waals surface area contributed by atoms with Crippen LogP contribution in [0.4, 0.5) is 48.1 Å². The van der Waals surface area contributed by atoms with Crippen molar-refractivity contribution in [3.8, 4) is 0 Å². The molecule has 0 spiro atoms. The van der Waals surface area contributed by atoms with E-state index in [4.69, 9.17) is 0 Å². The van der Waals surface area contributed by atoms with Crippen LogP contribution in [-0.4, -0.2) is 25.7 Å². The van der Waals surface area contributed by atoms with E-state index in [1.54, 1.807) is 0 Å². The molecule has 5 aromatic carbocycles. The second kappa shape index (κ2) is 16.1. The summed E-state index contributed by atoms with van der Waals surface area (Å²) in [6, 6.07) is 44.3. The minimum absolute atomic E-state index is 0.0529. The molecule has 0 aliphatic rings. The van der Waals surface area contributed by atoms with Gasteiger partial charge in [-0.1, -0.05) is 66.7 Å². The number of fused-ring (bicyclic) bond motifs is 1. The van der Waals surface area contributed by atoms with E-state index in [0.717, 1.165) is 5.69 Å². The van der Waals surface area contributed by atoms with Crippen LogP contribution in [-0.2, 0) is 26.6 Å². The minimum atomic E-state index is -10.7. The van der Waals surface area contributed by atoms with Crippen LogP contribution in [0.25, 0.3) is 10.8 Å². The molecule has 2 nitrogen and oxygen atoms in total. The molecule has 0 radical (unpaired) electrons. The number of nitrogens with one attached hydrogen (secondary N) is 1. The zero-order valence-corrected chi connectivity index (χ0v) is 28.2. The van der Waals surface area contributed by atoms with Gasteiger partial charge in [0.2, 0.25) is 5.91 Å². The topological polar surface area (TPSA) is 29.1 Å². The van der Waals surface area contributed by atoms with Gasteiger partial charge >= 0.3 is 40.2 Å². The van der Waals surface area contributed by atoms with Crippen molar-refractivity contribution in [3.05, 3.63) is 127 Å². The predicted octanol–water partition coefficient (Wildman–Crippen LogP) is 12.5. The van der Waals surface area contributed by atoms with Crippen molar-refractivity contribution in [2.45, 2.75) is 26.5 Å². The van der Waals surface area contributed by atoms with Gasteiger partial charge in [0.15, 0.2) is 19.6 Å². The molecule has 5 aromatic rings. The molecule has 0 atom stereocenters. The quantitative estimate of drug-likeness (QED) is 0.0826. The number of amides is 1. The van der Waals surface area contributed by atoms with Gasteiger partial charge in [0.1, 0.15) is 12.5 Å². The molecule has 0 aliphatic carbocycles. The van der Waals surface area contributed by atoms with Crippen molar-refractivity contribution in [3.63, 3.8) is 0 Å². The van der Waals surface area contributed by atoms with Gasteiger partial charge in [-0.15, -0.1) is 0 Å². The Balaban J connectivity index is 0.000000268. The number of carbonyl (C=O) groups is 1. The van der Waals surface area contributed by atoms with Gasteiger partial charge in [-0.05, 0) is 66.0 Å². The first-order chi connectivity index (χ1) is 22.0. The Kier molecular flexibility index (Phi) is 13.6. The van der Waals surface area contributed by atoms with E-state index in [0.29, 0.717) is 10.9 Å². The van der Waals surface area contributed by atoms with Crippen LogP contribution < -0.4 is 5.32 Å². The van der Waals surface area contributed by atoms with Gasteiger partial charge in [-0.25, -0.2) is 0 Å². The van der Waals surface area contributed by atoms with Crippen molar-refractivity contribution in [2.75, 3.05) is 17.8 Å². The number of anilines is 1. The van der Waals surface area contributed by atoms with Crippen molar-refractivity contribution >= 4 is 59.2 Å². The molecule has 0 aliphatic heterocycles. The van der Waals surface area contributed by atoms with Crippen LogP contribution in [0, 0.1) is 0 Å². The average molecular weight is 742 g/mol. The number of benzene rings is 5. The van der Waals surface area contributed by atoms with Crippen molar-refractivity contribution in [1.29, 1.82) is 0 Å². The van der Waals surface area contributed by atoms with Gasteiger partial charge in [0, 0.05) is 28.9 Å². The van der Waals surface area contributed by atoms with E-state index >= 15 is 0 Å². The summed E-state index contributed by atoms with van der Waals surface area (Å²) in [6.45, 7) is 1.52. The molecule has 1 amide bonds. The van der Waals surface area contributed by atoms with Crippen LogP contribution in [0.5, 0.6) is 0 Å². The predicted molar refractivity (Wildman–Crippen MR) is 181 cm³/mol. The number of hydrogen-bond donors (Lipinski definition) is 1. The van der Waals surface area contributed by atoms with E-state index in [1.165, 1.54) is 37.3 Å². The summed E-state index contributed by atoms with van der Waals surface area (Å²) in [5.41, 5.74) is 0.825. The fraction of sp³-hybridized carbons (Fsp3) is 0.0938. The number of carbonyl (C=O) groups excluding carboxylic acids is 1. The first-order valence-electron chi connectivity index (χ1n) is 13.7. The molecule has 0 saturated heterocycles. The van der Waals surface area contributed by atoms with Crippen molar-refractivity contribution in [2.24, 2.45) is 0 Å². The van der Waals surface area contributed by atoms with E-state index in [-0.39, 0.29) is 16.8 Å². The summed E-state index contributed by atoms with van der Waals surface area (Å²) in [4.78, 5) is 16.4. The van der Waals surface area contributed by atoms with E-state index in [9.17, 15) is 47.2 Å². The number of halogens is 10. The Bertz CT molecular complexity index is 1680. The Morgan fingerprint density at radius 1 is 0.583 bits per heavy atom. The van der Waals surface area contributed by atoms with Gasteiger partial charge in [0.25, 0.3) is 0 Å². The molecule has 260 valence electrons. The van der Waals surface area contributed by atoms with Crippen LogP contribution in [0.3, 0.4) is 0 Å². The molecule has 5 rings (SSSR count). The molecular formula is C32H31BF10NOPS2. The molecule has 0 heterocycles.